The van der Waals surface area contributed by atoms with Gasteiger partial charge in [0.2, 0.25) is 5.91 Å². The Bertz CT molecular complexity index is 1450. The van der Waals surface area contributed by atoms with Gasteiger partial charge >= 0.3 is 5.97 Å². The summed E-state index contributed by atoms with van der Waals surface area (Å²) >= 11 is 1.15. The molecule has 0 bridgehead atoms. The minimum absolute atomic E-state index is 0.0500. The first-order chi connectivity index (χ1) is 16.4. The average molecular weight is 474 g/mol. The molecule has 1 amide bonds. The lowest BCUT2D eigenvalue weighted by atomic mass is 10.1. The highest BCUT2D eigenvalue weighted by Gasteiger charge is 2.17. The van der Waals surface area contributed by atoms with Crippen molar-refractivity contribution in [3.8, 4) is 5.69 Å². The predicted molar refractivity (Wildman–Crippen MR) is 134 cm³/mol. The molecule has 1 heterocycles. The summed E-state index contributed by atoms with van der Waals surface area (Å²) in [6.45, 7) is 4.00. The number of aryl methyl sites for hydroxylation is 2. The molecule has 0 atom stereocenters. The van der Waals surface area contributed by atoms with Gasteiger partial charge < -0.3 is 10.1 Å². The van der Waals surface area contributed by atoms with E-state index in [1.807, 2.05) is 50.2 Å². The second kappa shape index (κ2) is 9.93. The van der Waals surface area contributed by atoms with Crippen LogP contribution in [0.25, 0.3) is 16.6 Å². The van der Waals surface area contributed by atoms with Gasteiger partial charge in [-0.1, -0.05) is 36.0 Å². The standard InChI is InChI=1S/C26H23N3O4S/c1-16-9-11-19(13-17(16)2)27-23(30)15-34-26-28-22-14-18(25(32)33-3)10-12-21(22)24(31)29(26)20-7-5-4-6-8-20/h4-14H,15H2,1-3H3,(H,27,30). The lowest BCUT2D eigenvalue weighted by Gasteiger charge is -2.14. The number of esters is 1. The van der Waals surface area contributed by atoms with Crippen molar-refractivity contribution in [1.82, 2.24) is 9.55 Å². The zero-order valence-electron chi connectivity index (χ0n) is 19.0. The number of rotatable bonds is 6. The molecule has 0 unspecified atom stereocenters. The first-order valence-electron chi connectivity index (χ1n) is 10.6. The van der Waals surface area contributed by atoms with Crippen LogP contribution in [0.15, 0.2) is 76.7 Å². The summed E-state index contributed by atoms with van der Waals surface area (Å²) in [5.74, 6) is -0.683. The molecule has 4 aromatic rings. The van der Waals surface area contributed by atoms with Crippen molar-refractivity contribution in [2.45, 2.75) is 19.0 Å². The SMILES string of the molecule is COC(=O)c1ccc2c(=O)n(-c3ccccc3)c(SCC(=O)Nc3ccc(C)c(C)c3)nc2c1. The van der Waals surface area contributed by atoms with Gasteiger partial charge in [-0.2, -0.15) is 0 Å². The van der Waals surface area contributed by atoms with Crippen LogP contribution < -0.4 is 10.9 Å². The highest BCUT2D eigenvalue weighted by Crippen LogP contribution is 2.23. The molecule has 0 radical (unpaired) electrons. The number of methoxy groups -OCH3 is 1. The number of thioether (sulfide) groups is 1. The average Bonchev–Trinajstić information content (AvgIpc) is 2.84. The van der Waals surface area contributed by atoms with Gasteiger partial charge in [-0.05, 0) is 67.4 Å². The van der Waals surface area contributed by atoms with E-state index in [0.29, 0.717) is 33.0 Å². The van der Waals surface area contributed by atoms with Crippen LogP contribution in [0.5, 0.6) is 0 Å². The van der Waals surface area contributed by atoms with Crippen LogP contribution in [0.1, 0.15) is 21.5 Å². The number of ether oxygens (including phenoxy) is 1. The molecular formula is C26H23N3O4S. The number of anilines is 1. The molecule has 1 N–H and O–H groups in total. The fraction of sp³-hybridized carbons (Fsp3) is 0.154. The molecule has 0 aliphatic carbocycles. The normalized spacial score (nSPS) is 10.8. The van der Waals surface area contributed by atoms with Crippen LogP contribution in [0, 0.1) is 13.8 Å². The number of amides is 1. The summed E-state index contributed by atoms with van der Waals surface area (Å²) in [6, 6.07) is 19.5. The van der Waals surface area contributed by atoms with Gasteiger partial charge in [0.15, 0.2) is 5.16 Å². The quantitative estimate of drug-likeness (QED) is 0.252. The summed E-state index contributed by atoms with van der Waals surface area (Å²) in [4.78, 5) is 42.6. The van der Waals surface area contributed by atoms with Crippen LogP contribution in [0.3, 0.4) is 0 Å². The second-order valence-electron chi connectivity index (χ2n) is 7.73. The molecule has 0 spiro atoms. The number of carbonyl (C=O) groups excluding carboxylic acids is 2. The van der Waals surface area contributed by atoms with E-state index in [2.05, 4.69) is 10.3 Å². The van der Waals surface area contributed by atoms with Crippen LogP contribution in [0.4, 0.5) is 5.69 Å². The van der Waals surface area contributed by atoms with Crippen molar-refractivity contribution in [3.05, 3.63) is 93.8 Å². The predicted octanol–water partition coefficient (Wildman–Crippen LogP) is 4.52. The van der Waals surface area contributed by atoms with E-state index in [9.17, 15) is 14.4 Å². The Labute approximate surface area is 200 Å². The van der Waals surface area contributed by atoms with Crippen molar-refractivity contribution in [3.63, 3.8) is 0 Å². The number of carbonyl (C=O) groups is 2. The van der Waals surface area contributed by atoms with Crippen molar-refractivity contribution < 1.29 is 14.3 Å². The Balaban J connectivity index is 1.70. The van der Waals surface area contributed by atoms with Crippen molar-refractivity contribution in [1.29, 1.82) is 0 Å². The molecule has 0 saturated carbocycles. The number of hydrogen-bond acceptors (Lipinski definition) is 6. The second-order valence-corrected chi connectivity index (χ2v) is 8.67. The number of nitrogens with zero attached hydrogens (tertiary/aromatic N) is 2. The van der Waals surface area contributed by atoms with E-state index < -0.39 is 5.97 Å². The number of nitrogens with one attached hydrogen (secondary N) is 1. The van der Waals surface area contributed by atoms with Crippen molar-refractivity contribution in [2.75, 3.05) is 18.2 Å². The highest BCUT2D eigenvalue weighted by molar-refractivity contribution is 7.99. The summed E-state index contributed by atoms with van der Waals surface area (Å²) < 4.78 is 6.26. The number of hydrogen-bond donors (Lipinski definition) is 1. The summed E-state index contributed by atoms with van der Waals surface area (Å²) in [6.07, 6.45) is 0. The van der Waals surface area contributed by atoms with E-state index in [1.165, 1.54) is 23.8 Å². The van der Waals surface area contributed by atoms with E-state index in [1.54, 1.807) is 18.2 Å². The highest BCUT2D eigenvalue weighted by atomic mass is 32.2. The Hall–Kier alpha value is -3.91. The molecule has 0 aliphatic rings. The summed E-state index contributed by atoms with van der Waals surface area (Å²) in [7, 11) is 1.29. The maximum Gasteiger partial charge on any atom is 0.337 e. The molecular weight excluding hydrogens is 450 g/mol. The van der Waals surface area contributed by atoms with Gasteiger partial charge in [0.25, 0.3) is 5.56 Å². The van der Waals surface area contributed by atoms with Gasteiger partial charge in [0, 0.05) is 5.69 Å². The minimum Gasteiger partial charge on any atom is -0.465 e. The zero-order valence-corrected chi connectivity index (χ0v) is 19.8. The van der Waals surface area contributed by atoms with Crippen LogP contribution in [-0.4, -0.2) is 34.3 Å². The van der Waals surface area contributed by atoms with Gasteiger partial charge in [-0.3, -0.25) is 14.2 Å². The summed E-state index contributed by atoms with van der Waals surface area (Å²) in [5, 5.41) is 3.60. The van der Waals surface area contributed by atoms with Gasteiger partial charge in [-0.15, -0.1) is 0 Å². The summed E-state index contributed by atoms with van der Waals surface area (Å²) in [5.41, 5.74) is 3.94. The smallest absolute Gasteiger partial charge is 0.337 e. The van der Waals surface area contributed by atoms with E-state index in [0.717, 1.165) is 22.9 Å². The molecule has 8 heteroatoms. The van der Waals surface area contributed by atoms with Crippen LogP contribution in [0.2, 0.25) is 0 Å². The van der Waals surface area contributed by atoms with E-state index >= 15 is 0 Å². The molecule has 0 aliphatic heterocycles. The molecule has 172 valence electrons. The lowest BCUT2D eigenvalue weighted by Crippen LogP contribution is -2.23. The number of fused-ring (bicyclic) bond motifs is 1. The molecule has 1 aromatic heterocycles. The van der Waals surface area contributed by atoms with Crippen LogP contribution >= 0.6 is 11.8 Å². The first kappa shape index (κ1) is 23.3. The zero-order chi connectivity index (χ0) is 24.2. The third-order valence-corrected chi connectivity index (χ3v) is 6.34. The number of aromatic nitrogens is 2. The first-order valence-corrected chi connectivity index (χ1v) is 11.6. The van der Waals surface area contributed by atoms with Gasteiger partial charge in [0.1, 0.15) is 0 Å². The Morgan fingerprint density at radius 2 is 1.76 bits per heavy atom. The topological polar surface area (TPSA) is 90.3 Å². The molecule has 0 fully saturated rings. The molecule has 0 saturated heterocycles. The third kappa shape index (κ3) is 4.87. The van der Waals surface area contributed by atoms with Crippen molar-refractivity contribution in [2.24, 2.45) is 0 Å². The maximum absolute atomic E-state index is 13.4. The number of benzene rings is 3. The van der Waals surface area contributed by atoms with Crippen molar-refractivity contribution >= 4 is 40.2 Å². The fourth-order valence-electron chi connectivity index (χ4n) is 3.46. The largest absolute Gasteiger partial charge is 0.465 e. The lowest BCUT2D eigenvalue weighted by molar-refractivity contribution is -0.113. The van der Waals surface area contributed by atoms with Crippen LogP contribution in [-0.2, 0) is 9.53 Å². The molecule has 7 nitrogen and oxygen atoms in total. The monoisotopic (exact) mass is 473 g/mol. The van der Waals surface area contributed by atoms with Gasteiger partial charge in [-0.25, -0.2) is 9.78 Å². The Morgan fingerprint density at radius 1 is 1.00 bits per heavy atom. The minimum atomic E-state index is -0.516. The maximum atomic E-state index is 13.4. The van der Waals surface area contributed by atoms with Gasteiger partial charge in [0.05, 0.1) is 35.0 Å². The molecule has 3 aromatic carbocycles. The Morgan fingerprint density at radius 3 is 2.47 bits per heavy atom. The number of para-hydroxylation sites is 1. The fourth-order valence-corrected chi connectivity index (χ4v) is 4.27. The molecule has 4 rings (SSSR count). The Kier molecular flexibility index (Phi) is 6.79. The third-order valence-electron chi connectivity index (χ3n) is 5.40. The molecule has 34 heavy (non-hydrogen) atoms. The van der Waals surface area contributed by atoms with E-state index in [-0.39, 0.29) is 17.2 Å². The van der Waals surface area contributed by atoms with E-state index in [4.69, 9.17) is 4.74 Å².